The van der Waals surface area contributed by atoms with Crippen LogP contribution in [0.1, 0.15) is 5.82 Å². The van der Waals surface area contributed by atoms with Gasteiger partial charge in [-0.15, -0.1) is 0 Å². The van der Waals surface area contributed by atoms with Crippen LogP contribution in [0.3, 0.4) is 0 Å². The minimum Gasteiger partial charge on any atom is -0.282 e. The highest BCUT2D eigenvalue weighted by molar-refractivity contribution is 6.30. The number of nitrogens with two attached hydrogens (primary N) is 1. The van der Waals surface area contributed by atoms with E-state index in [-0.39, 0.29) is 5.95 Å². The highest BCUT2D eigenvalue weighted by atomic mass is 35.5. The minimum atomic E-state index is -0.447. The first-order valence-corrected chi connectivity index (χ1v) is 5.59. The van der Waals surface area contributed by atoms with Gasteiger partial charge in [0.25, 0.3) is 0 Å². The average molecular weight is 266 g/mol. The molecule has 0 saturated heterocycles. The summed E-state index contributed by atoms with van der Waals surface area (Å²) in [6.45, 7) is 1.71. The zero-order valence-corrected chi connectivity index (χ0v) is 10.7. The normalized spacial score (nSPS) is 10.4. The van der Waals surface area contributed by atoms with E-state index in [0.29, 0.717) is 16.5 Å². The third-order valence-electron chi connectivity index (χ3n) is 2.35. The number of benzene rings is 1. The van der Waals surface area contributed by atoms with Gasteiger partial charge in [0.1, 0.15) is 5.82 Å². The Morgan fingerprint density at radius 2 is 2.11 bits per heavy atom. The monoisotopic (exact) mass is 265 g/mol. The van der Waals surface area contributed by atoms with Crippen molar-refractivity contribution in [3.63, 3.8) is 0 Å². The SMILES string of the molecule is Cc1nc(N(C)N)nc(=O)n1-c1cccc(Cl)c1. The summed E-state index contributed by atoms with van der Waals surface area (Å²) in [6, 6.07) is 6.92. The molecule has 1 aromatic heterocycles. The first kappa shape index (κ1) is 12.5. The van der Waals surface area contributed by atoms with Gasteiger partial charge in [-0.25, -0.2) is 15.2 Å². The Bertz CT molecular complexity index is 638. The molecule has 0 amide bonds. The zero-order valence-electron chi connectivity index (χ0n) is 9.96. The molecule has 0 aliphatic heterocycles. The summed E-state index contributed by atoms with van der Waals surface area (Å²) in [7, 11) is 1.57. The van der Waals surface area contributed by atoms with Gasteiger partial charge in [0.05, 0.1) is 5.69 Å². The molecule has 6 nitrogen and oxygen atoms in total. The van der Waals surface area contributed by atoms with Crippen LogP contribution in [-0.4, -0.2) is 21.6 Å². The molecule has 0 unspecified atom stereocenters. The fraction of sp³-hybridized carbons (Fsp3) is 0.182. The third kappa shape index (κ3) is 2.34. The first-order valence-electron chi connectivity index (χ1n) is 5.21. The molecule has 94 valence electrons. The number of anilines is 1. The molecular weight excluding hydrogens is 254 g/mol. The van der Waals surface area contributed by atoms with Crippen molar-refractivity contribution in [3.05, 3.63) is 45.6 Å². The number of halogens is 1. The van der Waals surface area contributed by atoms with Crippen LogP contribution in [0.2, 0.25) is 5.02 Å². The van der Waals surface area contributed by atoms with Gasteiger partial charge < -0.3 is 0 Å². The average Bonchev–Trinajstić information content (AvgIpc) is 2.27. The molecule has 0 aliphatic rings. The maximum Gasteiger partial charge on any atom is 0.356 e. The van der Waals surface area contributed by atoms with Crippen LogP contribution in [0.15, 0.2) is 29.1 Å². The van der Waals surface area contributed by atoms with Crippen molar-refractivity contribution in [2.24, 2.45) is 5.84 Å². The van der Waals surface area contributed by atoms with Gasteiger partial charge in [0.15, 0.2) is 0 Å². The molecule has 7 heteroatoms. The van der Waals surface area contributed by atoms with Gasteiger partial charge in [0.2, 0.25) is 5.95 Å². The number of hydrogen-bond donors (Lipinski definition) is 1. The van der Waals surface area contributed by atoms with Crippen LogP contribution in [0.4, 0.5) is 5.95 Å². The quantitative estimate of drug-likeness (QED) is 0.645. The molecule has 18 heavy (non-hydrogen) atoms. The van der Waals surface area contributed by atoms with E-state index in [1.165, 1.54) is 9.58 Å². The Hall–Kier alpha value is -1.92. The standard InChI is InChI=1S/C11H12ClN5O/c1-7-14-10(16(2)13)15-11(18)17(7)9-5-3-4-8(12)6-9/h3-6H,13H2,1-2H3. The van der Waals surface area contributed by atoms with Gasteiger partial charge in [-0.2, -0.15) is 9.97 Å². The van der Waals surface area contributed by atoms with Gasteiger partial charge in [-0.3, -0.25) is 5.01 Å². The van der Waals surface area contributed by atoms with E-state index in [4.69, 9.17) is 17.4 Å². The largest absolute Gasteiger partial charge is 0.356 e. The Balaban J connectivity index is 2.63. The fourth-order valence-corrected chi connectivity index (χ4v) is 1.75. The lowest BCUT2D eigenvalue weighted by Crippen LogP contribution is -2.33. The van der Waals surface area contributed by atoms with Crippen LogP contribution in [0.5, 0.6) is 0 Å². The molecule has 0 aliphatic carbocycles. The minimum absolute atomic E-state index is 0.177. The van der Waals surface area contributed by atoms with Gasteiger partial charge in [-0.05, 0) is 25.1 Å². The second kappa shape index (κ2) is 4.75. The highest BCUT2D eigenvalue weighted by Crippen LogP contribution is 2.14. The topological polar surface area (TPSA) is 77.0 Å². The maximum absolute atomic E-state index is 12.0. The van der Waals surface area contributed by atoms with E-state index < -0.39 is 5.69 Å². The van der Waals surface area contributed by atoms with Gasteiger partial charge in [-0.1, -0.05) is 17.7 Å². The molecule has 1 aromatic carbocycles. The number of hydrogen-bond acceptors (Lipinski definition) is 5. The number of nitrogens with zero attached hydrogens (tertiary/aromatic N) is 4. The van der Waals surface area contributed by atoms with Crippen molar-refractivity contribution < 1.29 is 0 Å². The summed E-state index contributed by atoms with van der Waals surface area (Å²) in [5.41, 5.74) is 0.174. The lowest BCUT2D eigenvalue weighted by atomic mass is 10.3. The molecule has 0 saturated carbocycles. The third-order valence-corrected chi connectivity index (χ3v) is 2.59. The maximum atomic E-state index is 12.0. The summed E-state index contributed by atoms with van der Waals surface area (Å²) in [6.07, 6.45) is 0. The first-order chi connectivity index (χ1) is 8.49. The fourth-order valence-electron chi connectivity index (χ4n) is 1.56. The molecule has 0 spiro atoms. The van der Waals surface area contributed by atoms with Crippen molar-refractivity contribution in [1.82, 2.24) is 14.5 Å². The van der Waals surface area contributed by atoms with Crippen LogP contribution in [0.25, 0.3) is 5.69 Å². The Morgan fingerprint density at radius 3 is 2.67 bits per heavy atom. The number of rotatable bonds is 2. The molecule has 0 radical (unpaired) electrons. The predicted octanol–water partition coefficient (Wildman–Crippen LogP) is 0.899. The molecule has 2 N–H and O–H groups in total. The van der Waals surface area contributed by atoms with Gasteiger partial charge in [0, 0.05) is 12.1 Å². The van der Waals surface area contributed by atoms with E-state index >= 15 is 0 Å². The molecule has 2 aromatic rings. The zero-order chi connectivity index (χ0) is 13.3. The van der Waals surface area contributed by atoms with Crippen LogP contribution in [-0.2, 0) is 0 Å². The molecule has 2 rings (SSSR count). The lowest BCUT2D eigenvalue weighted by molar-refractivity contribution is 0.781. The summed E-state index contributed by atoms with van der Waals surface area (Å²) in [5, 5.41) is 1.73. The van der Waals surface area contributed by atoms with Crippen molar-refractivity contribution in [2.75, 3.05) is 12.1 Å². The van der Waals surface area contributed by atoms with E-state index in [2.05, 4.69) is 9.97 Å². The molecule has 0 atom stereocenters. The molecule has 0 fully saturated rings. The Kier molecular flexibility index (Phi) is 3.31. The van der Waals surface area contributed by atoms with E-state index in [1.807, 2.05) is 0 Å². The predicted molar refractivity (Wildman–Crippen MR) is 70.0 cm³/mol. The molecule has 1 heterocycles. The van der Waals surface area contributed by atoms with E-state index in [0.717, 1.165) is 0 Å². The van der Waals surface area contributed by atoms with Crippen LogP contribution < -0.4 is 16.5 Å². The van der Waals surface area contributed by atoms with Gasteiger partial charge >= 0.3 is 5.69 Å². The van der Waals surface area contributed by atoms with Crippen molar-refractivity contribution in [1.29, 1.82) is 0 Å². The lowest BCUT2D eigenvalue weighted by Gasteiger charge is -2.13. The second-order valence-electron chi connectivity index (χ2n) is 3.78. The second-order valence-corrected chi connectivity index (χ2v) is 4.22. The summed E-state index contributed by atoms with van der Waals surface area (Å²) >= 11 is 5.90. The molecular formula is C11H12ClN5O. The summed E-state index contributed by atoms with van der Waals surface area (Å²) < 4.78 is 1.37. The van der Waals surface area contributed by atoms with Crippen LogP contribution in [0, 0.1) is 6.92 Å². The van der Waals surface area contributed by atoms with Crippen LogP contribution >= 0.6 is 11.6 Å². The summed E-state index contributed by atoms with van der Waals surface area (Å²) in [5.74, 6) is 6.17. The van der Waals surface area contributed by atoms with E-state index in [9.17, 15) is 4.79 Å². The van der Waals surface area contributed by atoms with Crippen molar-refractivity contribution in [2.45, 2.75) is 6.92 Å². The van der Waals surface area contributed by atoms with E-state index in [1.54, 1.807) is 38.2 Å². The number of hydrazine groups is 1. The number of aryl methyl sites for hydroxylation is 1. The molecule has 0 bridgehead atoms. The van der Waals surface area contributed by atoms with Crippen molar-refractivity contribution >= 4 is 17.5 Å². The van der Waals surface area contributed by atoms with Crippen molar-refractivity contribution in [3.8, 4) is 5.69 Å². The smallest absolute Gasteiger partial charge is 0.282 e. The number of aromatic nitrogens is 3. The summed E-state index contributed by atoms with van der Waals surface area (Å²) in [4.78, 5) is 19.9. The Labute approximate surface area is 109 Å². The highest BCUT2D eigenvalue weighted by Gasteiger charge is 2.10. The Morgan fingerprint density at radius 1 is 1.39 bits per heavy atom.